The number of nitrogens with one attached hydrogen (secondary N) is 1. The zero-order chi connectivity index (χ0) is 24.8. The second-order valence-electron chi connectivity index (χ2n) is 8.33. The van der Waals surface area contributed by atoms with Gasteiger partial charge in [-0.15, -0.1) is 0 Å². The second-order valence-corrected chi connectivity index (χ2v) is 10.6. The van der Waals surface area contributed by atoms with Crippen LogP contribution in [0.1, 0.15) is 25.3 Å². The summed E-state index contributed by atoms with van der Waals surface area (Å²) in [4.78, 5) is 12.8. The van der Waals surface area contributed by atoms with Gasteiger partial charge >= 0.3 is 0 Å². The van der Waals surface area contributed by atoms with Crippen molar-refractivity contribution in [2.24, 2.45) is 0 Å². The fourth-order valence-electron chi connectivity index (χ4n) is 3.84. The Balaban J connectivity index is 1.68. The summed E-state index contributed by atoms with van der Waals surface area (Å²) in [5, 5.41) is 17.1. The van der Waals surface area contributed by atoms with Gasteiger partial charge in [0.1, 0.15) is 17.4 Å². The standard InChI is InChI=1S/C26H26N4O4S/c1-2-13-34-24-10-8-19(9-11-24)25-21(17-30(29-25)23-6-4-3-5-7-23)15-20(16-27)26(31)28-22-12-14-35(32,33)18-22/h3-11,15,17,22H,2,12-14,18H2,1H3,(H,28,31). The third-order valence-corrected chi connectivity index (χ3v) is 7.36. The number of hydrogen-bond acceptors (Lipinski definition) is 6. The first kappa shape index (κ1) is 24.2. The molecule has 1 amide bonds. The molecule has 1 aromatic heterocycles. The zero-order valence-electron chi connectivity index (χ0n) is 19.3. The monoisotopic (exact) mass is 490 g/mol. The molecule has 35 heavy (non-hydrogen) atoms. The smallest absolute Gasteiger partial charge is 0.262 e. The van der Waals surface area contributed by atoms with E-state index in [4.69, 9.17) is 9.84 Å². The summed E-state index contributed by atoms with van der Waals surface area (Å²) in [5.74, 6) is 0.0754. The van der Waals surface area contributed by atoms with E-state index in [1.165, 1.54) is 6.08 Å². The lowest BCUT2D eigenvalue weighted by Gasteiger charge is -2.10. The van der Waals surface area contributed by atoms with Gasteiger partial charge in [-0.2, -0.15) is 10.4 Å². The van der Waals surface area contributed by atoms with Crippen molar-refractivity contribution in [1.29, 1.82) is 5.26 Å². The number of para-hydroxylation sites is 1. The number of rotatable bonds is 8. The number of nitriles is 1. The van der Waals surface area contributed by atoms with Gasteiger partial charge in [-0.25, -0.2) is 13.1 Å². The first-order valence-electron chi connectivity index (χ1n) is 11.4. The minimum absolute atomic E-state index is 0.0372. The number of benzene rings is 2. The summed E-state index contributed by atoms with van der Waals surface area (Å²) < 4.78 is 30.8. The van der Waals surface area contributed by atoms with Crippen LogP contribution in [0.3, 0.4) is 0 Å². The molecule has 0 aliphatic carbocycles. The van der Waals surface area contributed by atoms with Gasteiger partial charge in [-0.1, -0.05) is 25.1 Å². The van der Waals surface area contributed by atoms with Gasteiger partial charge in [0, 0.05) is 23.4 Å². The van der Waals surface area contributed by atoms with E-state index in [0.717, 1.165) is 23.4 Å². The summed E-state index contributed by atoms with van der Waals surface area (Å²) in [5.41, 5.74) is 2.69. The maximum atomic E-state index is 12.8. The topological polar surface area (TPSA) is 114 Å². The van der Waals surface area contributed by atoms with Crippen LogP contribution in [0.25, 0.3) is 23.0 Å². The maximum absolute atomic E-state index is 12.8. The van der Waals surface area contributed by atoms with Crippen LogP contribution in [-0.4, -0.2) is 48.3 Å². The lowest BCUT2D eigenvalue weighted by molar-refractivity contribution is -0.117. The van der Waals surface area contributed by atoms with Gasteiger partial charge in [0.2, 0.25) is 0 Å². The predicted octanol–water partition coefficient (Wildman–Crippen LogP) is 3.54. The molecular weight excluding hydrogens is 464 g/mol. The van der Waals surface area contributed by atoms with Gasteiger partial charge in [-0.05, 0) is 55.3 Å². The summed E-state index contributed by atoms with van der Waals surface area (Å²) in [6, 6.07) is 18.5. The Bertz CT molecular complexity index is 1370. The van der Waals surface area contributed by atoms with E-state index in [0.29, 0.717) is 24.3 Å². The molecule has 2 heterocycles. The van der Waals surface area contributed by atoms with Crippen molar-refractivity contribution >= 4 is 21.8 Å². The molecule has 8 nitrogen and oxygen atoms in total. The Morgan fingerprint density at radius 2 is 1.97 bits per heavy atom. The van der Waals surface area contributed by atoms with Crippen LogP contribution in [0.5, 0.6) is 5.75 Å². The van der Waals surface area contributed by atoms with Crippen molar-refractivity contribution in [2.75, 3.05) is 18.1 Å². The van der Waals surface area contributed by atoms with Crippen molar-refractivity contribution in [1.82, 2.24) is 15.1 Å². The van der Waals surface area contributed by atoms with E-state index >= 15 is 0 Å². The Morgan fingerprint density at radius 3 is 2.60 bits per heavy atom. The van der Waals surface area contributed by atoms with E-state index in [2.05, 4.69) is 5.32 Å². The third kappa shape index (κ3) is 5.97. The van der Waals surface area contributed by atoms with E-state index in [1.54, 1.807) is 10.9 Å². The number of sulfone groups is 1. The molecular formula is C26H26N4O4S. The fraction of sp³-hybridized carbons (Fsp3) is 0.269. The molecule has 0 spiro atoms. The highest BCUT2D eigenvalue weighted by Crippen LogP contribution is 2.28. The van der Waals surface area contributed by atoms with Crippen molar-refractivity contribution in [3.63, 3.8) is 0 Å². The zero-order valence-corrected chi connectivity index (χ0v) is 20.2. The Hall–Kier alpha value is -3.90. The first-order chi connectivity index (χ1) is 16.9. The fourth-order valence-corrected chi connectivity index (χ4v) is 5.51. The number of carbonyl (C=O) groups excluding carboxylic acids is 1. The van der Waals surface area contributed by atoms with Gasteiger partial charge in [0.15, 0.2) is 9.84 Å². The maximum Gasteiger partial charge on any atom is 0.262 e. The van der Waals surface area contributed by atoms with Crippen LogP contribution in [0, 0.1) is 11.3 Å². The number of hydrogen-bond donors (Lipinski definition) is 1. The summed E-state index contributed by atoms with van der Waals surface area (Å²) in [6.07, 6.45) is 4.50. The quantitative estimate of drug-likeness (QED) is 0.382. The molecule has 1 saturated heterocycles. The van der Waals surface area contributed by atoms with Gasteiger partial charge in [-0.3, -0.25) is 4.79 Å². The van der Waals surface area contributed by atoms with Gasteiger partial charge in [0.05, 0.1) is 29.5 Å². The Morgan fingerprint density at radius 1 is 1.23 bits per heavy atom. The lowest BCUT2D eigenvalue weighted by atomic mass is 10.1. The minimum atomic E-state index is -3.15. The SMILES string of the molecule is CCCOc1ccc(-c2nn(-c3ccccc3)cc2C=C(C#N)C(=O)NC2CCS(=O)(=O)C2)cc1. The normalized spacial score (nSPS) is 17.0. The van der Waals surface area contributed by atoms with Crippen LogP contribution in [0.2, 0.25) is 0 Å². The number of amides is 1. The number of carbonyl (C=O) groups is 1. The lowest BCUT2D eigenvalue weighted by Crippen LogP contribution is -2.36. The van der Waals surface area contributed by atoms with Crippen LogP contribution >= 0.6 is 0 Å². The molecule has 4 rings (SSSR count). The van der Waals surface area contributed by atoms with Crippen LogP contribution in [0.4, 0.5) is 0 Å². The summed E-state index contributed by atoms with van der Waals surface area (Å²) in [7, 11) is -3.15. The molecule has 9 heteroatoms. The van der Waals surface area contributed by atoms with Crippen LogP contribution < -0.4 is 10.1 Å². The predicted molar refractivity (Wildman–Crippen MR) is 134 cm³/mol. The average molecular weight is 491 g/mol. The van der Waals surface area contributed by atoms with Crippen LogP contribution in [-0.2, 0) is 14.6 Å². The summed E-state index contributed by atoms with van der Waals surface area (Å²) in [6.45, 7) is 2.66. The third-order valence-electron chi connectivity index (χ3n) is 5.60. The van der Waals surface area contributed by atoms with Gasteiger partial charge in [0.25, 0.3) is 5.91 Å². The molecule has 2 aromatic carbocycles. The first-order valence-corrected chi connectivity index (χ1v) is 13.2. The molecule has 0 saturated carbocycles. The Kier molecular flexibility index (Phi) is 7.32. The average Bonchev–Trinajstić information content (AvgIpc) is 3.44. The van der Waals surface area contributed by atoms with E-state index in [9.17, 15) is 18.5 Å². The van der Waals surface area contributed by atoms with Crippen molar-refractivity contribution in [3.8, 4) is 28.8 Å². The molecule has 1 N–H and O–H groups in total. The highest BCUT2D eigenvalue weighted by molar-refractivity contribution is 7.91. The highest BCUT2D eigenvalue weighted by Gasteiger charge is 2.29. The molecule has 0 bridgehead atoms. The van der Waals surface area contributed by atoms with E-state index in [1.807, 2.05) is 67.6 Å². The molecule has 1 unspecified atom stereocenters. The number of nitrogens with zero attached hydrogens (tertiary/aromatic N) is 3. The molecule has 180 valence electrons. The highest BCUT2D eigenvalue weighted by atomic mass is 32.2. The minimum Gasteiger partial charge on any atom is -0.494 e. The van der Waals surface area contributed by atoms with Crippen molar-refractivity contribution in [3.05, 3.63) is 71.9 Å². The molecule has 0 radical (unpaired) electrons. The molecule has 1 atom stereocenters. The molecule has 3 aromatic rings. The molecule has 1 fully saturated rings. The largest absolute Gasteiger partial charge is 0.494 e. The Labute approximate surface area is 204 Å². The second kappa shape index (κ2) is 10.6. The van der Waals surface area contributed by atoms with E-state index < -0.39 is 21.8 Å². The summed E-state index contributed by atoms with van der Waals surface area (Å²) >= 11 is 0. The van der Waals surface area contributed by atoms with Crippen molar-refractivity contribution in [2.45, 2.75) is 25.8 Å². The van der Waals surface area contributed by atoms with E-state index in [-0.39, 0.29) is 17.1 Å². The van der Waals surface area contributed by atoms with Crippen molar-refractivity contribution < 1.29 is 17.9 Å². The number of aromatic nitrogens is 2. The molecule has 1 aliphatic rings. The molecule has 1 aliphatic heterocycles. The van der Waals surface area contributed by atoms with Gasteiger partial charge < -0.3 is 10.1 Å². The number of ether oxygens (including phenoxy) is 1. The van der Waals surface area contributed by atoms with Crippen LogP contribution in [0.15, 0.2) is 66.4 Å².